The fraction of sp³-hybridized carbons (Fsp3) is 0.222. The Labute approximate surface area is 79.8 Å². The molecule has 0 aliphatic rings. The zero-order chi connectivity index (χ0) is 10.1. The van der Waals surface area contributed by atoms with Crippen molar-refractivity contribution in [2.75, 3.05) is 7.11 Å². The lowest BCUT2D eigenvalue weighted by molar-refractivity contribution is 0.418. The number of fused-ring (bicyclic) bond motifs is 1. The molecule has 0 amide bonds. The van der Waals surface area contributed by atoms with Gasteiger partial charge in [-0.2, -0.15) is 4.98 Å². The smallest absolute Gasteiger partial charge is 0.345 e. The van der Waals surface area contributed by atoms with Crippen LogP contribution in [-0.2, 0) is 0 Å². The first-order valence-electron chi connectivity index (χ1n) is 4.11. The lowest BCUT2D eigenvalue weighted by atomic mass is 10.3. The highest BCUT2D eigenvalue weighted by Gasteiger charge is 2.04. The Kier molecular flexibility index (Phi) is 1.92. The number of methoxy groups -OCH3 is 1. The van der Waals surface area contributed by atoms with E-state index in [1.165, 1.54) is 6.20 Å². The van der Waals surface area contributed by atoms with Gasteiger partial charge in [-0.15, -0.1) is 0 Å². The summed E-state index contributed by atoms with van der Waals surface area (Å²) < 4.78 is 5.13. The van der Waals surface area contributed by atoms with Crippen molar-refractivity contribution < 1.29 is 4.74 Å². The number of hydrogen-bond acceptors (Lipinski definition) is 4. The summed E-state index contributed by atoms with van der Waals surface area (Å²) in [4.78, 5) is 21.4. The maximum Gasteiger partial charge on any atom is 0.345 e. The summed E-state index contributed by atoms with van der Waals surface area (Å²) in [6.45, 7) is 1.85. The molecule has 2 aromatic heterocycles. The monoisotopic (exact) mass is 191 g/mol. The molecule has 0 aliphatic heterocycles. The fourth-order valence-corrected chi connectivity index (χ4v) is 1.31. The first kappa shape index (κ1) is 8.68. The minimum atomic E-state index is -0.401. The van der Waals surface area contributed by atoms with Crippen molar-refractivity contribution in [3.05, 3.63) is 28.4 Å². The highest BCUT2D eigenvalue weighted by molar-refractivity contribution is 5.79. The number of ether oxygens (including phenoxy) is 1. The summed E-state index contributed by atoms with van der Waals surface area (Å²) in [5.41, 5.74) is 1.63. The van der Waals surface area contributed by atoms with E-state index in [0.717, 1.165) is 5.69 Å². The molecule has 0 aromatic carbocycles. The molecule has 5 nitrogen and oxygen atoms in total. The van der Waals surface area contributed by atoms with Crippen molar-refractivity contribution in [3.63, 3.8) is 0 Å². The molecule has 0 radical (unpaired) electrons. The van der Waals surface area contributed by atoms with Gasteiger partial charge in [0.15, 0.2) is 0 Å². The molecule has 72 valence electrons. The molecule has 0 atom stereocenters. The standard InChI is InChI=1S/C9H9N3O2/c1-5-3-7(14-2)8-6(11-5)4-10-9(13)12-8/h3-4H,1-2H3,(H,10,12,13). The molecule has 2 rings (SSSR count). The van der Waals surface area contributed by atoms with Crippen molar-refractivity contribution in [1.82, 2.24) is 15.0 Å². The Bertz CT molecular complexity index is 533. The second-order valence-corrected chi connectivity index (χ2v) is 2.91. The molecule has 0 unspecified atom stereocenters. The molecular weight excluding hydrogens is 182 g/mol. The summed E-state index contributed by atoms with van der Waals surface area (Å²) in [6, 6.07) is 1.76. The minimum absolute atomic E-state index is 0.401. The Morgan fingerprint density at radius 1 is 1.50 bits per heavy atom. The van der Waals surface area contributed by atoms with E-state index in [1.54, 1.807) is 13.2 Å². The largest absolute Gasteiger partial charge is 0.494 e. The second-order valence-electron chi connectivity index (χ2n) is 2.91. The number of nitrogens with one attached hydrogen (secondary N) is 1. The predicted molar refractivity (Wildman–Crippen MR) is 51.4 cm³/mol. The van der Waals surface area contributed by atoms with Crippen molar-refractivity contribution in [1.29, 1.82) is 0 Å². The van der Waals surface area contributed by atoms with Crippen LogP contribution in [0.2, 0.25) is 0 Å². The first-order chi connectivity index (χ1) is 6.70. The van der Waals surface area contributed by atoms with Crippen LogP contribution in [-0.4, -0.2) is 22.1 Å². The number of rotatable bonds is 1. The van der Waals surface area contributed by atoms with Crippen molar-refractivity contribution in [3.8, 4) is 5.75 Å². The zero-order valence-electron chi connectivity index (χ0n) is 7.87. The van der Waals surface area contributed by atoms with E-state index in [0.29, 0.717) is 16.8 Å². The van der Waals surface area contributed by atoms with Crippen LogP contribution in [0.15, 0.2) is 17.1 Å². The van der Waals surface area contributed by atoms with Crippen LogP contribution in [0.5, 0.6) is 5.75 Å². The predicted octanol–water partition coefficient (Wildman–Crippen LogP) is 0.635. The van der Waals surface area contributed by atoms with E-state index in [2.05, 4.69) is 15.0 Å². The third-order valence-corrected chi connectivity index (χ3v) is 1.90. The molecule has 0 spiro atoms. The second kappa shape index (κ2) is 3.10. The quantitative estimate of drug-likeness (QED) is 0.718. The van der Waals surface area contributed by atoms with E-state index in [4.69, 9.17) is 4.74 Å². The van der Waals surface area contributed by atoms with Crippen molar-refractivity contribution in [2.45, 2.75) is 6.92 Å². The van der Waals surface area contributed by atoms with Gasteiger partial charge in [-0.05, 0) is 6.92 Å². The van der Waals surface area contributed by atoms with Gasteiger partial charge in [-0.3, -0.25) is 0 Å². The average Bonchev–Trinajstić information content (AvgIpc) is 2.17. The van der Waals surface area contributed by atoms with E-state index < -0.39 is 5.69 Å². The molecule has 0 aliphatic carbocycles. The number of aryl methyl sites for hydroxylation is 1. The maximum atomic E-state index is 11.0. The van der Waals surface area contributed by atoms with E-state index in [1.807, 2.05) is 6.92 Å². The van der Waals surface area contributed by atoms with Crippen molar-refractivity contribution >= 4 is 11.0 Å². The van der Waals surface area contributed by atoms with Gasteiger partial charge in [0.1, 0.15) is 16.8 Å². The molecule has 5 heteroatoms. The molecule has 0 bridgehead atoms. The van der Waals surface area contributed by atoms with Gasteiger partial charge >= 0.3 is 5.69 Å². The van der Waals surface area contributed by atoms with Crippen LogP contribution in [0, 0.1) is 6.92 Å². The summed E-state index contributed by atoms with van der Waals surface area (Å²) >= 11 is 0. The highest BCUT2D eigenvalue weighted by atomic mass is 16.5. The number of pyridine rings is 1. The normalized spacial score (nSPS) is 10.4. The third-order valence-electron chi connectivity index (χ3n) is 1.90. The van der Waals surface area contributed by atoms with Gasteiger partial charge in [0.05, 0.1) is 13.3 Å². The zero-order valence-corrected chi connectivity index (χ0v) is 7.87. The van der Waals surface area contributed by atoms with Gasteiger partial charge in [0, 0.05) is 11.8 Å². The first-order valence-corrected chi connectivity index (χ1v) is 4.11. The summed E-state index contributed by atoms with van der Waals surface area (Å²) in [6.07, 6.45) is 1.43. The number of aromatic nitrogens is 3. The highest BCUT2D eigenvalue weighted by Crippen LogP contribution is 2.20. The Morgan fingerprint density at radius 3 is 3.00 bits per heavy atom. The minimum Gasteiger partial charge on any atom is -0.494 e. The van der Waals surface area contributed by atoms with Crippen LogP contribution in [0.1, 0.15) is 5.69 Å². The van der Waals surface area contributed by atoms with Crippen LogP contribution in [0.25, 0.3) is 11.0 Å². The van der Waals surface area contributed by atoms with Gasteiger partial charge < -0.3 is 9.72 Å². The number of H-pyrrole nitrogens is 1. The number of hydrogen-bond donors (Lipinski definition) is 1. The number of aromatic amines is 1. The van der Waals surface area contributed by atoms with Gasteiger partial charge in [0.25, 0.3) is 0 Å². The molecular formula is C9H9N3O2. The van der Waals surface area contributed by atoms with E-state index >= 15 is 0 Å². The fourth-order valence-electron chi connectivity index (χ4n) is 1.31. The average molecular weight is 191 g/mol. The SMILES string of the molecule is COc1cc(C)nc2cnc(=O)[nH]c12. The molecule has 2 heterocycles. The molecule has 0 saturated carbocycles. The summed E-state index contributed by atoms with van der Waals surface area (Å²) in [5, 5.41) is 0. The van der Waals surface area contributed by atoms with Crippen LogP contribution >= 0.6 is 0 Å². The lowest BCUT2D eigenvalue weighted by Gasteiger charge is -2.04. The molecule has 1 N–H and O–H groups in total. The van der Waals surface area contributed by atoms with Gasteiger partial charge in [-0.1, -0.05) is 0 Å². The maximum absolute atomic E-state index is 11.0. The van der Waals surface area contributed by atoms with Crippen LogP contribution in [0.3, 0.4) is 0 Å². The van der Waals surface area contributed by atoms with E-state index in [-0.39, 0.29) is 0 Å². The Balaban J connectivity index is 2.88. The molecule has 0 saturated heterocycles. The van der Waals surface area contributed by atoms with Gasteiger partial charge in [0.2, 0.25) is 0 Å². The van der Waals surface area contributed by atoms with Crippen LogP contribution < -0.4 is 10.4 Å². The van der Waals surface area contributed by atoms with E-state index in [9.17, 15) is 4.79 Å². The summed E-state index contributed by atoms with van der Waals surface area (Å²) in [5.74, 6) is 0.604. The summed E-state index contributed by atoms with van der Waals surface area (Å²) in [7, 11) is 1.55. The van der Waals surface area contributed by atoms with Gasteiger partial charge in [-0.25, -0.2) is 9.78 Å². The lowest BCUT2D eigenvalue weighted by Crippen LogP contribution is -2.10. The van der Waals surface area contributed by atoms with Crippen molar-refractivity contribution in [2.24, 2.45) is 0 Å². The molecule has 14 heavy (non-hydrogen) atoms. The Hall–Kier alpha value is -1.91. The third kappa shape index (κ3) is 1.32. The topological polar surface area (TPSA) is 67.9 Å². The molecule has 2 aromatic rings. The van der Waals surface area contributed by atoms with Crippen LogP contribution in [0.4, 0.5) is 0 Å². The molecule has 0 fully saturated rings. The number of nitrogens with zero attached hydrogens (tertiary/aromatic N) is 2. The Morgan fingerprint density at radius 2 is 2.29 bits per heavy atom.